The van der Waals surface area contributed by atoms with Gasteiger partial charge in [0.15, 0.2) is 0 Å². The molecule has 0 bridgehead atoms. The van der Waals surface area contributed by atoms with Crippen LogP contribution in [0.2, 0.25) is 5.02 Å². The Hall–Kier alpha value is -1.98. The van der Waals surface area contributed by atoms with Gasteiger partial charge in [-0.15, -0.1) is 11.8 Å². The molecule has 0 aliphatic heterocycles. The first-order chi connectivity index (χ1) is 12.2. The molecule has 0 fully saturated rings. The summed E-state index contributed by atoms with van der Waals surface area (Å²) in [7, 11) is 0. The first-order valence-corrected chi connectivity index (χ1v) is 9.57. The third-order valence-electron chi connectivity index (χ3n) is 3.15. The highest BCUT2D eigenvalue weighted by molar-refractivity contribution is 7.99. The van der Waals surface area contributed by atoms with E-state index >= 15 is 0 Å². The Kier molecular flexibility index (Phi) is 8.35. The molecule has 0 unspecified atom stereocenters. The van der Waals surface area contributed by atoms with E-state index in [-0.39, 0.29) is 5.91 Å². The van der Waals surface area contributed by atoms with Crippen molar-refractivity contribution in [2.75, 3.05) is 12.4 Å². The van der Waals surface area contributed by atoms with Gasteiger partial charge in [0.2, 0.25) is 5.91 Å². The number of nitrogens with zero attached hydrogens (tertiary/aromatic N) is 1. The van der Waals surface area contributed by atoms with E-state index in [1.807, 2.05) is 48.5 Å². The number of hydrogen-bond acceptors (Lipinski definition) is 4. The van der Waals surface area contributed by atoms with Crippen LogP contribution in [0.4, 0.5) is 0 Å². The van der Waals surface area contributed by atoms with Crippen LogP contribution in [0.5, 0.6) is 5.75 Å². The van der Waals surface area contributed by atoms with Crippen molar-refractivity contribution >= 4 is 35.5 Å². The molecule has 0 saturated heterocycles. The molecular formula is C19H21ClN2O2S. The second-order valence-corrected chi connectivity index (χ2v) is 6.76. The zero-order valence-electron chi connectivity index (χ0n) is 14.1. The molecule has 0 aromatic heterocycles. The zero-order chi connectivity index (χ0) is 17.9. The number of thioether (sulfide) groups is 1. The normalized spacial score (nSPS) is 10.8. The summed E-state index contributed by atoms with van der Waals surface area (Å²) in [6.07, 6.45) is 2.59. The van der Waals surface area contributed by atoms with Crippen molar-refractivity contribution in [3.63, 3.8) is 0 Å². The molecule has 0 atom stereocenters. The summed E-state index contributed by atoms with van der Waals surface area (Å²) in [5.41, 5.74) is 4.53. The Morgan fingerprint density at radius 1 is 1.28 bits per heavy atom. The number of carbonyl (C=O) groups excluding carboxylic acids is 1. The van der Waals surface area contributed by atoms with Gasteiger partial charge in [0.25, 0.3) is 0 Å². The van der Waals surface area contributed by atoms with Gasteiger partial charge < -0.3 is 4.74 Å². The molecule has 0 aliphatic carbocycles. The van der Waals surface area contributed by atoms with Gasteiger partial charge in [-0.2, -0.15) is 5.10 Å². The molecule has 2 rings (SSSR count). The molecule has 0 heterocycles. The molecule has 0 aliphatic rings. The van der Waals surface area contributed by atoms with E-state index < -0.39 is 0 Å². The molecule has 0 spiro atoms. The number of hydrogen-bond donors (Lipinski definition) is 1. The number of nitrogens with one attached hydrogen (secondary N) is 1. The molecule has 6 heteroatoms. The molecule has 0 saturated carbocycles. The van der Waals surface area contributed by atoms with Crippen LogP contribution in [0.1, 0.15) is 24.5 Å². The lowest BCUT2D eigenvalue weighted by Gasteiger charge is -2.04. The Bertz CT molecular complexity index is 705. The lowest BCUT2D eigenvalue weighted by atomic mass is 10.2. The van der Waals surface area contributed by atoms with Gasteiger partial charge in [0, 0.05) is 10.8 Å². The van der Waals surface area contributed by atoms with Gasteiger partial charge >= 0.3 is 0 Å². The Morgan fingerprint density at radius 2 is 2.08 bits per heavy atom. The van der Waals surface area contributed by atoms with E-state index in [4.69, 9.17) is 16.3 Å². The molecule has 1 amide bonds. The molecular weight excluding hydrogens is 356 g/mol. The maximum atomic E-state index is 11.8. The predicted octanol–water partition coefficient (Wildman–Crippen LogP) is 4.51. The maximum absolute atomic E-state index is 11.8. The van der Waals surface area contributed by atoms with Crippen LogP contribution in [-0.4, -0.2) is 24.5 Å². The molecule has 2 aromatic rings. The number of halogens is 1. The molecule has 25 heavy (non-hydrogen) atoms. The smallest absolute Gasteiger partial charge is 0.250 e. The molecule has 2 aromatic carbocycles. The van der Waals surface area contributed by atoms with E-state index in [0.717, 1.165) is 29.1 Å². The van der Waals surface area contributed by atoms with Crippen LogP contribution in [0.15, 0.2) is 53.6 Å². The van der Waals surface area contributed by atoms with Crippen LogP contribution in [-0.2, 0) is 10.5 Å². The van der Waals surface area contributed by atoms with E-state index in [1.54, 1.807) is 6.21 Å². The van der Waals surface area contributed by atoms with Crippen LogP contribution in [0, 0.1) is 0 Å². The quantitative estimate of drug-likeness (QED) is 0.517. The van der Waals surface area contributed by atoms with Crippen LogP contribution in [0.3, 0.4) is 0 Å². The van der Waals surface area contributed by atoms with Gasteiger partial charge in [-0.25, -0.2) is 5.43 Å². The molecule has 132 valence electrons. The van der Waals surface area contributed by atoms with Gasteiger partial charge in [-0.1, -0.05) is 30.7 Å². The summed E-state index contributed by atoms with van der Waals surface area (Å²) in [5.74, 6) is 1.77. The summed E-state index contributed by atoms with van der Waals surface area (Å²) < 4.78 is 5.52. The lowest BCUT2D eigenvalue weighted by molar-refractivity contribution is -0.118. The fourth-order valence-corrected chi connectivity index (χ4v) is 2.95. The third kappa shape index (κ3) is 7.63. The Morgan fingerprint density at radius 3 is 2.80 bits per heavy atom. The van der Waals surface area contributed by atoms with Crippen molar-refractivity contribution < 1.29 is 9.53 Å². The second-order valence-electron chi connectivity index (χ2n) is 5.33. The summed E-state index contributed by atoms with van der Waals surface area (Å²) in [4.78, 5) is 11.8. The van der Waals surface area contributed by atoms with Crippen molar-refractivity contribution in [1.29, 1.82) is 0 Å². The third-order valence-corrected chi connectivity index (χ3v) is 4.39. The second kappa shape index (κ2) is 10.8. The molecule has 4 nitrogen and oxygen atoms in total. The van der Waals surface area contributed by atoms with Crippen LogP contribution >= 0.6 is 23.4 Å². The molecule has 0 radical (unpaired) electrons. The maximum Gasteiger partial charge on any atom is 0.250 e. The average Bonchev–Trinajstić information content (AvgIpc) is 2.61. The SMILES string of the molecule is CCCOc1ccc(C=NNC(=O)CSCc2cccc(Cl)c2)cc1. The fourth-order valence-electron chi connectivity index (χ4n) is 1.97. The zero-order valence-corrected chi connectivity index (χ0v) is 15.6. The van der Waals surface area contributed by atoms with E-state index in [9.17, 15) is 4.79 Å². The fraction of sp³-hybridized carbons (Fsp3) is 0.263. The predicted molar refractivity (Wildman–Crippen MR) is 106 cm³/mol. The topological polar surface area (TPSA) is 50.7 Å². The Balaban J connectivity index is 1.69. The van der Waals surface area contributed by atoms with Crippen molar-refractivity contribution in [3.05, 3.63) is 64.7 Å². The minimum Gasteiger partial charge on any atom is -0.494 e. The van der Waals surface area contributed by atoms with Crippen molar-refractivity contribution in [3.8, 4) is 5.75 Å². The minimum atomic E-state index is -0.133. The van der Waals surface area contributed by atoms with E-state index in [0.29, 0.717) is 17.4 Å². The van der Waals surface area contributed by atoms with Crippen LogP contribution in [0.25, 0.3) is 0 Å². The van der Waals surface area contributed by atoms with Gasteiger partial charge in [0.1, 0.15) is 5.75 Å². The number of hydrazone groups is 1. The van der Waals surface area contributed by atoms with Gasteiger partial charge in [-0.3, -0.25) is 4.79 Å². The summed E-state index contributed by atoms with van der Waals surface area (Å²) >= 11 is 7.45. The number of benzene rings is 2. The number of carbonyl (C=O) groups is 1. The van der Waals surface area contributed by atoms with Crippen molar-refractivity contribution in [1.82, 2.24) is 5.43 Å². The first-order valence-electron chi connectivity index (χ1n) is 8.04. The first kappa shape index (κ1) is 19.3. The van der Waals surface area contributed by atoms with Gasteiger partial charge in [0.05, 0.1) is 18.6 Å². The average molecular weight is 377 g/mol. The summed E-state index contributed by atoms with van der Waals surface area (Å²) in [6, 6.07) is 15.2. The Labute approximate surface area is 157 Å². The van der Waals surface area contributed by atoms with Crippen LogP contribution < -0.4 is 10.2 Å². The molecule has 1 N–H and O–H groups in total. The standard InChI is InChI=1S/C19H21ClN2O2S/c1-2-10-24-18-8-6-15(7-9-18)12-21-22-19(23)14-25-13-16-4-3-5-17(20)11-16/h3-9,11-12H,2,10,13-14H2,1H3,(H,22,23). The highest BCUT2D eigenvalue weighted by atomic mass is 35.5. The van der Waals surface area contributed by atoms with E-state index in [1.165, 1.54) is 11.8 Å². The number of ether oxygens (including phenoxy) is 1. The lowest BCUT2D eigenvalue weighted by Crippen LogP contribution is -2.19. The van der Waals surface area contributed by atoms with Gasteiger partial charge in [-0.05, 0) is 53.9 Å². The highest BCUT2D eigenvalue weighted by Crippen LogP contribution is 2.16. The summed E-state index contributed by atoms with van der Waals surface area (Å²) in [6.45, 7) is 2.77. The van der Waals surface area contributed by atoms with Crippen molar-refractivity contribution in [2.24, 2.45) is 5.10 Å². The highest BCUT2D eigenvalue weighted by Gasteiger charge is 2.01. The largest absolute Gasteiger partial charge is 0.494 e. The van der Waals surface area contributed by atoms with E-state index in [2.05, 4.69) is 17.5 Å². The number of amides is 1. The minimum absolute atomic E-state index is 0.133. The number of rotatable bonds is 9. The monoisotopic (exact) mass is 376 g/mol. The summed E-state index contributed by atoms with van der Waals surface area (Å²) in [5, 5.41) is 4.68. The van der Waals surface area contributed by atoms with Crippen molar-refractivity contribution in [2.45, 2.75) is 19.1 Å².